The largest absolute Gasteiger partial charge is 0.368 e. The molecule has 6 heteroatoms. The highest BCUT2D eigenvalue weighted by molar-refractivity contribution is 6.33. The van der Waals surface area contributed by atoms with E-state index in [0.717, 1.165) is 18.7 Å². The Bertz CT molecular complexity index is 698. The van der Waals surface area contributed by atoms with Gasteiger partial charge in [-0.1, -0.05) is 36.2 Å². The number of anilines is 1. The Morgan fingerprint density at radius 1 is 1.17 bits per heavy atom. The van der Waals surface area contributed by atoms with Crippen molar-refractivity contribution >= 4 is 23.6 Å². The van der Waals surface area contributed by atoms with E-state index in [4.69, 9.17) is 17.0 Å². The highest BCUT2D eigenvalue weighted by Crippen LogP contribution is 2.30. The van der Waals surface area contributed by atoms with E-state index in [1.807, 2.05) is 24.3 Å². The number of hydrogen-bond acceptors (Lipinski definition) is 5. The molecule has 0 spiro atoms. The fraction of sp³-hybridized carbons (Fsp3) is 0.389. The van der Waals surface area contributed by atoms with Crippen LogP contribution in [0.5, 0.6) is 0 Å². The standard InChI is InChI=1S/C18H22ClN5/c19-16-7-3-2-6-14(16)17-15(12-20)18(23-13-22-17)21-8-11-24-9-4-1-5-10-24/h2-3,6-7,12-13,20H,1,4-5,8-11H2,(H,21,22,23). The van der Waals surface area contributed by atoms with Crippen LogP contribution in [0.1, 0.15) is 24.8 Å². The second kappa shape index (κ2) is 8.22. The first kappa shape index (κ1) is 16.9. The van der Waals surface area contributed by atoms with Gasteiger partial charge in [0.15, 0.2) is 0 Å². The summed E-state index contributed by atoms with van der Waals surface area (Å²) in [5.41, 5.74) is 2.18. The molecule has 0 saturated carbocycles. The quantitative estimate of drug-likeness (QED) is 0.785. The van der Waals surface area contributed by atoms with E-state index in [1.165, 1.54) is 44.9 Å². The zero-order valence-corrected chi connectivity index (χ0v) is 14.4. The van der Waals surface area contributed by atoms with Crippen molar-refractivity contribution in [2.75, 3.05) is 31.5 Å². The molecular weight excluding hydrogens is 322 g/mol. The van der Waals surface area contributed by atoms with Gasteiger partial charge in [0, 0.05) is 29.9 Å². The Hall–Kier alpha value is -1.98. The zero-order chi connectivity index (χ0) is 16.8. The van der Waals surface area contributed by atoms with Crippen molar-refractivity contribution in [1.82, 2.24) is 14.9 Å². The van der Waals surface area contributed by atoms with E-state index in [1.54, 1.807) is 0 Å². The van der Waals surface area contributed by atoms with Crippen molar-refractivity contribution < 1.29 is 0 Å². The van der Waals surface area contributed by atoms with E-state index < -0.39 is 0 Å². The minimum absolute atomic E-state index is 0.624. The number of piperidine rings is 1. The third-order valence-corrected chi connectivity index (χ3v) is 4.66. The van der Waals surface area contributed by atoms with Crippen LogP contribution in [0.25, 0.3) is 11.3 Å². The van der Waals surface area contributed by atoms with Crippen molar-refractivity contribution in [3.63, 3.8) is 0 Å². The zero-order valence-electron chi connectivity index (χ0n) is 13.6. The molecule has 126 valence electrons. The van der Waals surface area contributed by atoms with Crippen LogP contribution in [0, 0.1) is 5.41 Å². The van der Waals surface area contributed by atoms with Gasteiger partial charge in [0.1, 0.15) is 12.1 Å². The summed E-state index contributed by atoms with van der Waals surface area (Å²) < 4.78 is 0. The van der Waals surface area contributed by atoms with Gasteiger partial charge in [0.2, 0.25) is 0 Å². The van der Waals surface area contributed by atoms with Crippen LogP contribution in [-0.4, -0.2) is 47.3 Å². The van der Waals surface area contributed by atoms with Gasteiger partial charge in [0.05, 0.1) is 11.3 Å². The fourth-order valence-corrected chi connectivity index (χ4v) is 3.28. The molecule has 2 heterocycles. The summed E-state index contributed by atoms with van der Waals surface area (Å²) in [7, 11) is 0. The summed E-state index contributed by atoms with van der Waals surface area (Å²) in [5, 5.41) is 11.8. The first-order valence-corrected chi connectivity index (χ1v) is 8.74. The van der Waals surface area contributed by atoms with Crippen LogP contribution >= 0.6 is 11.6 Å². The molecule has 1 aliphatic heterocycles. The van der Waals surface area contributed by atoms with Gasteiger partial charge >= 0.3 is 0 Å². The Kier molecular flexibility index (Phi) is 5.77. The second-order valence-electron chi connectivity index (χ2n) is 5.94. The van der Waals surface area contributed by atoms with Crippen molar-refractivity contribution in [2.45, 2.75) is 19.3 Å². The van der Waals surface area contributed by atoms with Crippen LogP contribution in [0.2, 0.25) is 5.02 Å². The summed E-state index contributed by atoms with van der Waals surface area (Å²) in [6.07, 6.45) is 6.73. The normalized spacial score (nSPS) is 15.2. The monoisotopic (exact) mass is 343 g/mol. The van der Waals surface area contributed by atoms with Crippen molar-refractivity contribution in [3.8, 4) is 11.3 Å². The topological polar surface area (TPSA) is 64.9 Å². The van der Waals surface area contributed by atoms with E-state index >= 15 is 0 Å². The minimum atomic E-state index is 0.624. The molecule has 0 atom stereocenters. The lowest BCUT2D eigenvalue weighted by atomic mass is 10.1. The lowest BCUT2D eigenvalue weighted by Crippen LogP contribution is -2.33. The molecule has 3 rings (SSSR count). The average Bonchev–Trinajstić information content (AvgIpc) is 2.63. The van der Waals surface area contributed by atoms with Crippen LogP contribution in [-0.2, 0) is 0 Å². The number of rotatable bonds is 6. The van der Waals surface area contributed by atoms with E-state index in [-0.39, 0.29) is 0 Å². The molecule has 1 aromatic heterocycles. The molecule has 2 N–H and O–H groups in total. The molecule has 1 aliphatic rings. The fourth-order valence-electron chi connectivity index (χ4n) is 3.06. The van der Waals surface area contributed by atoms with E-state index in [2.05, 4.69) is 20.2 Å². The number of hydrogen-bond donors (Lipinski definition) is 2. The maximum Gasteiger partial charge on any atom is 0.138 e. The molecule has 0 radical (unpaired) electrons. The van der Waals surface area contributed by atoms with Gasteiger partial charge in [-0.3, -0.25) is 0 Å². The molecule has 1 aromatic carbocycles. The average molecular weight is 344 g/mol. The van der Waals surface area contributed by atoms with Crippen LogP contribution in [0.15, 0.2) is 30.6 Å². The Labute approximate surface area is 147 Å². The lowest BCUT2D eigenvalue weighted by molar-refractivity contribution is 0.237. The third-order valence-electron chi connectivity index (χ3n) is 4.33. The molecule has 0 aliphatic carbocycles. The van der Waals surface area contributed by atoms with Gasteiger partial charge in [-0.25, -0.2) is 9.97 Å². The highest BCUT2D eigenvalue weighted by Gasteiger charge is 2.14. The molecule has 5 nitrogen and oxygen atoms in total. The number of aromatic nitrogens is 2. The first-order chi connectivity index (χ1) is 11.8. The minimum Gasteiger partial charge on any atom is -0.368 e. The summed E-state index contributed by atoms with van der Waals surface area (Å²) in [6, 6.07) is 7.54. The van der Waals surface area contributed by atoms with Crippen LogP contribution < -0.4 is 5.32 Å². The van der Waals surface area contributed by atoms with Gasteiger partial charge < -0.3 is 15.6 Å². The molecule has 1 saturated heterocycles. The summed E-state index contributed by atoms with van der Waals surface area (Å²) in [5.74, 6) is 0.687. The second-order valence-corrected chi connectivity index (χ2v) is 6.35. The van der Waals surface area contributed by atoms with Gasteiger partial charge in [0.25, 0.3) is 0 Å². The van der Waals surface area contributed by atoms with Gasteiger partial charge in [-0.2, -0.15) is 0 Å². The molecule has 0 amide bonds. The predicted molar refractivity (Wildman–Crippen MR) is 99.1 cm³/mol. The number of benzene rings is 1. The molecule has 2 aromatic rings. The first-order valence-electron chi connectivity index (χ1n) is 8.36. The van der Waals surface area contributed by atoms with Crippen LogP contribution in [0.4, 0.5) is 5.82 Å². The molecule has 24 heavy (non-hydrogen) atoms. The molecule has 0 bridgehead atoms. The molecule has 0 unspecified atom stereocenters. The van der Waals surface area contributed by atoms with E-state index in [0.29, 0.717) is 22.1 Å². The number of halogens is 1. The van der Waals surface area contributed by atoms with Crippen molar-refractivity contribution in [3.05, 3.63) is 41.2 Å². The number of nitrogens with one attached hydrogen (secondary N) is 2. The van der Waals surface area contributed by atoms with Crippen LogP contribution in [0.3, 0.4) is 0 Å². The Balaban J connectivity index is 1.75. The third kappa shape index (κ3) is 3.91. The number of likely N-dealkylation sites (tertiary alicyclic amines) is 1. The smallest absolute Gasteiger partial charge is 0.138 e. The summed E-state index contributed by atoms with van der Waals surface area (Å²) in [6.45, 7) is 4.14. The van der Waals surface area contributed by atoms with Crippen molar-refractivity contribution in [1.29, 1.82) is 5.41 Å². The maximum absolute atomic E-state index is 7.78. The highest BCUT2D eigenvalue weighted by atomic mass is 35.5. The predicted octanol–water partition coefficient (Wildman–Crippen LogP) is 3.69. The Morgan fingerprint density at radius 2 is 1.96 bits per heavy atom. The lowest BCUT2D eigenvalue weighted by Gasteiger charge is -2.26. The number of nitrogens with zero attached hydrogens (tertiary/aromatic N) is 3. The van der Waals surface area contributed by atoms with Gasteiger partial charge in [-0.15, -0.1) is 0 Å². The van der Waals surface area contributed by atoms with Crippen molar-refractivity contribution in [2.24, 2.45) is 0 Å². The SMILES string of the molecule is N=Cc1c(NCCN2CCCCC2)ncnc1-c1ccccc1Cl. The molecular formula is C18H22ClN5. The Morgan fingerprint density at radius 3 is 2.71 bits per heavy atom. The summed E-state index contributed by atoms with van der Waals surface area (Å²) >= 11 is 6.28. The summed E-state index contributed by atoms with van der Waals surface area (Å²) in [4.78, 5) is 11.1. The molecule has 1 fully saturated rings. The van der Waals surface area contributed by atoms with E-state index in [9.17, 15) is 0 Å². The maximum atomic E-state index is 7.78. The van der Waals surface area contributed by atoms with Gasteiger partial charge in [-0.05, 0) is 32.0 Å².